The molecule has 5 nitrogen and oxygen atoms in total. The minimum absolute atomic E-state index is 0.0730. The number of oxazole rings is 1. The lowest BCUT2D eigenvalue weighted by Gasteiger charge is -2.24. The Morgan fingerprint density at radius 1 is 1.10 bits per heavy atom. The van der Waals surface area contributed by atoms with Crippen molar-refractivity contribution in [1.29, 1.82) is 0 Å². The van der Waals surface area contributed by atoms with Gasteiger partial charge < -0.3 is 15.1 Å². The summed E-state index contributed by atoms with van der Waals surface area (Å²) in [6.45, 7) is 4.75. The molecule has 2 N–H and O–H groups in total. The smallest absolute Gasteiger partial charge is 0.220 e. The van der Waals surface area contributed by atoms with E-state index in [9.17, 15) is 9.18 Å². The third-order valence-electron chi connectivity index (χ3n) is 4.71. The molecule has 1 heterocycles. The van der Waals surface area contributed by atoms with Crippen molar-refractivity contribution in [3.63, 3.8) is 0 Å². The fourth-order valence-corrected chi connectivity index (χ4v) is 2.95. The van der Waals surface area contributed by atoms with Crippen molar-refractivity contribution in [3.8, 4) is 11.3 Å². The maximum absolute atomic E-state index is 13.8. The predicted molar refractivity (Wildman–Crippen MR) is 112 cm³/mol. The molecule has 0 aliphatic carbocycles. The number of hydrogen-bond donors (Lipinski definition) is 2. The molecule has 0 fully saturated rings. The van der Waals surface area contributed by atoms with E-state index in [2.05, 4.69) is 29.5 Å². The summed E-state index contributed by atoms with van der Waals surface area (Å²) in [6, 6.07) is 16.4. The van der Waals surface area contributed by atoms with Crippen molar-refractivity contribution < 1.29 is 13.6 Å². The Morgan fingerprint density at radius 2 is 1.83 bits per heavy atom. The highest BCUT2D eigenvalue weighted by Crippen LogP contribution is 2.23. The van der Waals surface area contributed by atoms with Crippen LogP contribution in [0.15, 0.2) is 65.2 Å². The number of rotatable bonds is 9. The van der Waals surface area contributed by atoms with E-state index >= 15 is 0 Å². The molecule has 0 saturated carbocycles. The Balaban J connectivity index is 1.49. The summed E-state index contributed by atoms with van der Waals surface area (Å²) in [5.41, 5.74) is 1.39. The molecule has 1 atom stereocenters. The van der Waals surface area contributed by atoms with Gasteiger partial charge in [0.15, 0.2) is 11.7 Å². The number of nitrogens with one attached hydrogen (secondary N) is 2. The highest BCUT2D eigenvalue weighted by molar-refractivity contribution is 5.76. The normalized spacial score (nSPS) is 12.0. The van der Waals surface area contributed by atoms with E-state index in [0.29, 0.717) is 36.1 Å². The number of aromatic nitrogens is 1. The lowest BCUT2D eigenvalue weighted by molar-refractivity contribution is -0.121. The SMILES string of the molecule is CC(C)C(CNC(=O)CCc1ncc(-c2ccccc2F)o1)Nc1ccccc1. The number of carbonyl (C=O) groups is 1. The number of anilines is 1. The second-order valence-corrected chi connectivity index (χ2v) is 7.26. The Bertz CT molecular complexity index is 925. The van der Waals surface area contributed by atoms with Gasteiger partial charge in [-0.15, -0.1) is 0 Å². The number of aryl methyl sites for hydroxylation is 1. The number of para-hydroxylation sites is 1. The van der Waals surface area contributed by atoms with Gasteiger partial charge in [0.2, 0.25) is 5.91 Å². The molecular weight excluding hydrogens is 369 g/mol. The number of benzene rings is 2. The number of nitrogens with zero attached hydrogens (tertiary/aromatic N) is 1. The summed E-state index contributed by atoms with van der Waals surface area (Å²) >= 11 is 0. The quantitative estimate of drug-likeness (QED) is 0.553. The molecule has 0 saturated heterocycles. The van der Waals surface area contributed by atoms with Gasteiger partial charge in [-0.1, -0.05) is 44.2 Å². The fourth-order valence-electron chi connectivity index (χ4n) is 2.95. The first-order chi connectivity index (χ1) is 14.0. The van der Waals surface area contributed by atoms with E-state index in [1.165, 1.54) is 12.3 Å². The second kappa shape index (κ2) is 9.87. The van der Waals surface area contributed by atoms with Gasteiger partial charge in [0.05, 0.1) is 11.8 Å². The monoisotopic (exact) mass is 395 g/mol. The minimum atomic E-state index is -0.362. The van der Waals surface area contributed by atoms with E-state index < -0.39 is 0 Å². The highest BCUT2D eigenvalue weighted by atomic mass is 19.1. The molecule has 1 aromatic heterocycles. The Hall–Kier alpha value is -3.15. The zero-order valence-corrected chi connectivity index (χ0v) is 16.7. The van der Waals surface area contributed by atoms with Crippen molar-refractivity contribution in [1.82, 2.24) is 10.3 Å². The van der Waals surface area contributed by atoms with Crippen molar-refractivity contribution in [3.05, 3.63) is 72.5 Å². The topological polar surface area (TPSA) is 67.2 Å². The van der Waals surface area contributed by atoms with Crippen LogP contribution in [-0.2, 0) is 11.2 Å². The van der Waals surface area contributed by atoms with Crippen molar-refractivity contribution >= 4 is 11.6 Å². The molecule has 0 aliphatic rings. The predicted octanol–water partition coefficient (Wildman–Crippen LogP) is 4.67. The first-order valence-electron chi connectivity index (χ1n) is 9.81. The van der Waals surface area contributed by atoms with E-state index in [0.717, 1.165) is 5.69 Å². The third kappa shape index (κ3) is 5.91. The summed E-state index contributed by atoms with van der Waals surface area (Å²) < 4.78 is 19.4. The molecule has 1 unspecified atom stereocenters. The zero-order chi connectivity index (χ0) is 20.6. The average molecular weight is 395 g/mol. The number of carbonyl (C=O) groups excluding carboxylic acids is 1. The maximum atomic E-state index is 13.8. The van der Waals surface area contributed by atoms with Crippen molar-refractivity contribution in [2.24, 2.45) is 5.92 Å². The van der Waals surface area contributed by atoms with Gasteiger partial charge in [0, 0.05) is 31.1 Å². The van der Waals surface area contributed by atoms with Gasteiger partial charge in [-0.05, 0) is 30.2 Å². The van der Waals surface area contributed by atoms with Crippen molar-refractivity contribution in [2.75, 3.05) is 11.9 Å². The molecule has 29 heavy (non-hydrogen) atoms. The Morgan fingerprint density at radius 3 is 2.55 bits per heavy atom. The molecule has 2 aromatic carbocycles. The second-order valence-electron chi connectivity index (χ2n) is 7.26. The van der Waals surface area contributed by atoms with Crippen LogP contribution in [-0.4, -0.2) is 23.5 Å². The van der Waals surface area contributed by atoms with Crippen LogP contribution in [0.1, 0.15) is 26.2 Å². The van der Waals surface area contributed by atoms with Gasteiger partial charge in [0.1, 0.15) is 5.82 Å². The van der Waals surface area contributed by atoms with Crippen LogP contribution in [0.2, 0.25) is 0 Å². The fraction of sp³-hybridized carbons (Fsp3) is 0.304. The Labute approximate surface area is 170 Å². The van der Waals surface area contributed by atoms with Crippen LogP contribution in [0, 0.1) is 11.7 Å². The molecule has 6 heteroatoms. The van der Waals surface area contributed by atoms with E-state index in [1.54, 1.807) is 18.2 Å². The van der Waals surface area contributed by atoms with Gasteiger partial charge in [-0.3, -0.25) is 4.79 Å². The lowest BCUT2D eigenvalue weighted by atomic mass is 10.0. The molecule has 0 aliphatic heterocycles. The van der Waals surface area contributed by atoms with Crippen LogP contribution < -0.4 is 10.6 Å². The number of amides is 1. The van der Waals surface area contributed by atoms with E-state index in [4.69, 9.17) is 4.42 Å². The number of hydrogen-bond acceptors (Lipinski definition) is 4. The van der Waals surface area contributed by atoms with Crippen LogP contribution >= 0.6 is 0 Å². The molecule has 0 bridgehead atoms. The van der Waals surface area contributed by atoms with Gasteiger partial charge in [-0.2, -0.15) is 0 Å². The standard InChI is InChI=1S/C23H26FN3O2/c1-16(2)20(27-17-8-4-3-5-9-17)14-25-22(28)12-13-23-26-15-21(29-23)18-10-6-7-11-19(18)24/h3-11,15-16,20,27H,12-14H2,1-2H3,(H,25,28). The summed E-state index contributed by atoms with van der Waals surface area (Å²) in [7, 11) is 0. The largest absolute Gasteiger partial charge is 0.441 e. The summed E-state index contributed by atoms with van der Waals surface area (Å²) in [6.07, 6.45) is 2.11. The molecule has 3 rings (SSSR count). The summed E-state index contributed by atoms with van der Waals surface area (Å²) in [4.78, 5) is 16.4. The van der Waals surface area contributed by atoms with Crippen LogP contribution in [0.25, 0.3) is 11.3 Å². The summed E-state index contributed by atoms with van der Waals surface area (Å²) in [5, 5.41) is 6.42. The molecular formula is C23H26FN3O2. The first-order valence-corrected chi connectivity index (χ1v) is 9.81. The molecule has 1 amide bonds. The zero-order valence-electron chi connectivity index (χ0n) is 16.7. The Kier molecular flexibility index (Phi) is 7.00. The lowest BCUT2D eigenvalue weighted by Crippen LogP contribution is -2.39. The highest BCUT2D eigenvalue weighted by Gasteiger charge is 2.15. The van der Waals surface area contributed by atoms with Crippen LogP contribution in [0.3, 0.4) is 0 Å². The number of halogens is 1. The molecule has 0 radical (unpaired) electrons. The van der Waals surface area contributed by atoms with Gasteiger partial charge in [-0.25, -0.2) is 9.37 Å². The molecule has 0 spiro atoms. The van der Waals surface area contributed by atoms with E-state index in [-0.39, 0.29) is 24.2 Å². The summed E-state index contributed by atoms with van der Waals surface area (Å²) in [5.74, 6) is 0.701. The van der Waals surface area contributed by atoms with E-state index in [1.807, 2.05) is 30.3 Å². The molecule has 3 aromatic rings. The third-order valence-corrected chi connectivity index (χ3v) is 4.71. The van der Waals surface area contributed by atoms with Gasteiger partial charge >= 0.3 is 0 Å². The minimum Gasteiger partial charge on any atom is -0.441 e. The first kappa shape index (κ1) is 20.6. The van der Waals surface area contributed by atoms with Crippen LogP contribution in [0.5, 0.6) is 0 Å². The molecule has 152 valence electrons. The average Bonchev–Trinajstić information content (AvgIpc) is 3.19. The van der Waals surface area contributed by atoms with Crippen molar-refractivity contribution in [2.45, 2.75) is 32.7 Å². The van der Waals surface area contributed by atoms with Crippen LogP contribution in [0.4, 0.5) is 10.1 Å². The van der Waals surface area contributed by atoms with Gasteiger partial charge in [0.25, 0.3) is 0 Å². The maximum Gasteiger partial charge on any atom is 0.220 e.